The van der Waals surface area contributed by atoms with Crippen molar-refractivity contribution in [3.63, 3.8) is 0 Å². The van der Waals surface area contributed by atoms with Crippen LogP contribution in [0, 0.1) is 0 Å². The number of rotatable bonds is 3. The molecule has 3 aromatic rings. The summed E-state index contributed by atoms with van der Waals surface area (Å²) >= 11 is 2.62. The fourth-order valence-electron chi connectivity index (χ4n) is 1.59. The lowest BCUT2D eigenvalue weighted by Gasteiger charge is -2.00. The van der Waals surface area contributed by atoms with Gasteiger partial charge in [0.2, 0.25) is 0 Å². The number of benzene rings is 1. The molecular weight excluding hydrogens is 254 g/mol. The van der Waals surface area contributed by atoms with E-state index in [1.165, 1.54) is 22.9 Å². The van der Waals surface area contributed by atoms with E-state index >= 15 is 0 Å². The zero-order valence-corrected chi connectivity index (χ0v) is 10.4. The summed E-state index contributed by atoms with van der Waals surface area (Å²) in [5, 5.41) is 7.28. The molecule has 2 heterocycles. The second-order valence-corrected chi connectivity index (χ2v) is 5.17. The van der Waals surface area contributed by atoms with Crippen LogP contribution in [0.5, 0.6) is 0 Å². The number of hydrogen-bond acceptors (Lipinski definition) is 5. The van der Waals surface area contributed by atoms with Crippen molar-refractivity contribution in [3.8, 4) is 0 Å². The average Bonchev–Trinajstić information content (AvgIpc) is 2.93. The normalized spacial score (nSPS) is 10.8. The minimum atomic E-state index is -0.0176. The Kier molecular flexibility index (Phi) is 2.66. The summed E-state index contributed by atoms with van der Waals surface area (Å²) in [7, 11) is 0. The van der Waals surface area contributed by atoms with Crippen molar-refractivity contribution >= 4 is 38.8 Å². The van der Waals surface area contributed by atoms with Gasteiger partial charge in [0, 0.05) is 16.5 Å². The lowest BCUT2D eigenvalue weighted by atomic mass is 10.2. The number of H-pyrrole nitrogens is 1. The molecule has 0 bridgehead atoms. The van der Waals surface area contributed by atoms with Crippen molar-refractivity contribution in [3.05, 3.63) is 45.0 Å². The summed E-state index contributed by atoms with van der Waals surface area (Å²) in [4.78, 5) is 13.7. The quantitative estimate of drug-likeness (QED) is 0.763. The Hall–Kier alpha value is -1.66. The second kappa shape index (κ2) is 4.31. The topological polar surface area (TPSA) is 57.8 Å². The van der Waals surface area contributed by atoms with Crippen LogP contribution in [0.2, 0.25) is 0 Å². The van der Waals surface area contributed by atoms with Gasteiger partial charge in [-0.3, -0.25) is 4.79 Å². The number of hydrogen-bond donors (Lipinski definition) is 2. The van der Waals surface area contributed by atoms with Gasteiger partial charge in [0.25, 0.3) is 0 Å². The molecule has 4 nitrogen and oxygen atoms in total. The van der Waals surface area contributed by atoms with Crippen molar-refractivity contribution in [1.82, 2.24) is 9.36 Å². The van der Waals surface area contributed by atoms with Crippen LogP contribution in [0.15, 0.2) is 34.4 Å². The van der Waals surface area contributed by atoms with Crippen LogP contribution in [0.25, 0.3) is 10.9 Å². The molecule has 2 N–H and O–H groups in total. The molecule has 3 rings (SSSR count). The average molecular weight is 263 g/mol. The molecule has 6 heteroatoms. The third kappa shape index (κ3) is 2.09. The van der Waals surface area contributed by atoms with Crippen molar-refractivity contribution in [2.45, 2.75) is 6.54 Å². The molecule has 1 aromatic carbocycles. The Morgan fingerprint density at radius 3 is 3.06 bits per heavy atom. The van der Waals surface area contributed by atoms with Crippen LogP contribution < -0.4 is 10.2 Å². The third-order valence-electron chi connectivity index (χ3n) is 2.39. The number of nitrogens with one attached hydrogen (secondary N) is 2. The number of thiazole rings is 1. The third-order valence-corrected chi connectivity index (χ3v) is 3.95. The first-order valence-electron chi connectivity index (χ1n) is 5.08. The number of fused-ring (bicyclic) bond motifs is 1. The molecule has 17 heavy (non-hydrogen) atoms. The van der Waals surface area contributed by atoms with Crippen molar-refractivity contribution in [1.29, 1.82) is 0 Å². The molecule has 0 amide bonds. The van der Waals surface area contributed by atoms with Gasteiger partial charge in [-0.1, -0.05) is 23.5 Å². The summed E-state index contributed by atoms with van der Waals surface area (Å²) in [6.45, 7) is 0.616. The highest BCUT2D eigenvalue weighted by Crippen LogP contribution is 2.27. The SMILES string of the molecule is O=c1[nH]c(CNc2snc3ccccc23)cs1. The van der Waals surface area contributed by atoms with Crippen LogP contribution in [0.4, 0.5) is 5.00 Å². The first-order chi connectivity index (χ1) is 8.33. The largest absolute Gasteiger partial charge is 0.370 e. The van der Waals surface area contributed by atoms with E-state index < -0.39 is 0 Å². The van der Waals surface area contributed by atoms with Crippen molar-refractivity contribution in [2.24, 2.45) is 0 Å². The highest BCUT2D eigenvalue weighted by Gasteiger charge is 2.04. The van der Waals surface area contributed by atoms with Gasteiger partial charge in [-0.15, -0.1) is 0 Å². The maximum Gasteiger partial charge on any atom is 0.304 e. The summed E-state index contributed by atoms with van der Waals surface area (Å²) in [6, 6.07) is 8.00. The Labute approximate surface area is 105 Å². The van der Waals surface area contributed by atoms with Crippen LogP contribution in [0.1, 0.15) is 5.69 Å². The number of anilines is 1. The molecule has 0 aliphatic rings. The first-order valence-corrected chi connectivity index (χ1v) is 6.73. The molecule has 0 unspecified atom stereocenters. The fourth-order valence-corrected chi connectivity index (χ4v) is 2.93. The molecule has 0 aliphatic heterocycles. The maximum atomic E-state index is 11.0. The van der Waals surface area contributed by atoms with Crippen LogP contribution in [-0.2, 0) is 6.54 Å². The van der Waals surface area contributed by atoms with Gasteiger partial charge >= 0.3 is 4.87 Å². The molecular formula is C11H9N3OS2. The Bertz CT molecular complexity index is 698. The van der Waals surface area contributed by atoms with E-state index in [9.17, 15) is 4.79 Å². The maximum absolute atomic E-state index is 11.0. The van der Waals surface area contributed by atoms with Crippen molar-refractivity contribution < 1.29 is 0 Å². The van der Waals surface area contributed by atoms with Crippen LogP contribution >= 0.6 is 22.9 Å². The van der Waals surface area contributed by atoms with Crippen LogP contribution in [0.3, 0.4) is 0 Å². The predicted molar refractivity (Wildman–Crippen MR) is 71.9 cm³/mol. The summed E-state index contributed by atoms with van der Waals surface area (Å²) < 4.78 is 4.35. The summed E-state index contributed by atoms with van der Waals surface area (Å²) in [5.74, 6) is 0. The fraction of sp³-hybridized carbons (Fsp3) is 0.0909. The Morgan fingerprint density at radius 1 is 1.35 bits per heavy atom. The lowest BCUT2D eigenvalue weighted by molar-refractivity contribution is 1.07. The van der Waals surface area contributed by atoms with Gasteiger partial charge in [0.15, 0.2) is 0 Å². The molecule has 0 saturated heterocycles. The molecule has 0 radical (unpaired) electrons. The van der Waals surface area contributed by atoms with E-state index in [4.69, 9.17) is 0 Å². The number of aromatic amines is 1. The highest BCUT2D eigenvalue weighted by atomic mass is 32.1. The highest BCUT2D eigenvalue weighted by molar-refractivity contribution is 7.11. The lowest BCUT2D eigenvalue weighted by Crippen LogP contribution is -2.01. The molecule has 0 fully saturated rings. The van der Waals surface area contributed by atoms with E-state index in [0.717, 1.165) is 21.6 Å². The second-order valence-electron chi connectivity index (χ2n) is 3.56. The smallest absolute Gasteiger partial charge is 0.304 e. The molecule has 0 spiro atoms. The van der Waals surface area contributed by atoms with E-state index in [-0.39, 0.29) is 4.87 Å². The number of nitrogens with zero attached hydrogens (tertiary/aromatic N) is 1. The van der Waals surface area contributed by atoms with Gasteiger partial charge in [0.1, 0.15) is 5.00 Å². The Balaban J connectivity index is 1.83. The minimum Gasteiger partial charge on any atom is -0.370 e. The van der Waals surface area contributed by atoms with E-state index in [1.807, 2.05) is 29.6 Å². The van der Waals surface area contributed by atoms with E-state index in [1.54, 1.807) is 0 Å². The van der Waals surface area contributed by atoms with Gasteiger partial charge < -0.3 is 10.3 Å². The minimum absolute atomic E-state index is 0.0176. The van der Waals surface area contributed by atoms with Crippen LogP contribution in [-0.4, -0.2) is 9.36 Å². The predicted octanol–water partition coefficient (Wildman–Crippen LogP) is 2.66. The van der Waals surface area contributed by atoms with Gasteiger partial charge in [0.05, 0.1) is 12.1 Å². The Morgan fingerprint density at radius 2 is 2.24 bits per heavy atom. The molecule has 0 aliphatic carbocycles. The monoisotopic (exact) mass is 263 g/mol. The molecule has 2 aromatic heterocycles. The zero-order chi connectivity index (χ0) is 11.7. The molecule has 0 atom stereocenters. The molecule has 0 saturated carbocycles. The van der Waals surface area contributed by atoms with E-state index in [2.05, 4.69) is 14.7 Å². The standard InChI is InChI=1S/C11H9N3OS2/c15-11-13-7(6-16-11)5-12-10-8-3-1-2-4-9(8)14-17-10/h1-4,6,12H,5H2,(H,13,15). The van der Waals surface area contributed by atoms with Gasteiger partial charge in [-0.25, -0.2) is 0 Å². The number of aromatic nitrogens is 2. The molecule has 86 valence electrons. The first kappa shape index (κ1) is 10.5. The zero-order valence-electron chi connectivity index (χ0n) is 8.77. The van der Waals surface area contributed by atoms with E-state index in [0.29, 0.717) is 6.54 Å². The van der Waals surface area contributed by atoms with Gasteiger partial charge in [-0.05, 0) is 23.7 Å². The van der Waals surface area contributed by atoms with Gasteiger partial charge in [-0.2, -0.15) is 4.37 Å². The summed E-state index contributed by atoms with van der Waals surface area (Å²) in [6.07, 6.45) is 0. The summed E-state index contributed by atoms with van der Waals surface area (Å²) in [5.41, 5.74) is 1.90. The van der Waals surface area contributed by atoms with Crippen molar-refractivity contribution in [2.75, 3.05) is 5.32 Å².